The number of ketones is 1. The lowest BCUT2D eigenvalue weighted by Gasteiger charge is -2.25. The van der Waals surface area contributed by atoms with Gasteiger partial charge >= 0.3 is 5.97 Å². The first-order valence-electron chi connectivity index (χ1n) is 11.6. The van der Waals surface area contributed by atoms with Crippen molar-refractivity contribution in [2.24, 2.45) is 0 Å². The minimum Gasteiger partial charge on any atom is -0.481 e. The van der Waals surface area contributed by atoms with Gasteiger partial charge in [-0.25, -0.2) is 0 Å². The molecule has 0 aliphatic rings. The molecule has 182 valence electrons. The molecule has 0 saturated heterocycles. The fraction of sp³-hybridized carbons (Fsp3) is 0.179. The van der Waals surface area contributed by atoms with Gasteiger partial charge in [-0.2, -0.15) is 0 Å². The molecule has 36 heavy (non-hydrogen) atoms. The number of carboxylic acid groups (broad SMARTS) is 1. The number of carbonyl (C=O) groups excluding carboxylic acids is 2. The third-order valence-corrected chi connectivity index (χ3v) is 5.80. The fourth-order valence-corrected chi connectivity index (χ4v) is 3.90. The summed E-state index contributed by atoms with van der Waals surface area (Å²) < 4.78 is 5.66. The number of aliphatic carboxylic acids is 1. The Hall–Kier alpha value is -4.59. The van der Waals surface area contributed by atoms with Crippen molar-refractivity contribution >= 4 is 23.9 Å². The number of Topliss-reactive ketones (excluding diaryl/α,β-unsaturated/α-hetero) is 1. The van der Waals surface area contributed by atoms with Crippen molar-refractivity contribution in [1.82, 2.24) is 10.2 Å². The number of carbonyl (C=O) groups is 3. The second kappa shape index (κ2) is 11.7. The van der Waals surface area contributed by atoms with Gasteiger partial charge in [0, 0.05) is 18.5 Å². The van der Waals surface area contributed by atoms with E-state index in [-0.39, 0.29) is 36.8 Å². The van der Waals surface area contributed by atoms with E-state index >= 15 is 0 Å². The van der Waals surface area contributed by atoms with Gasteiger partial charge in [0.05, 0.1) is 0 Å². The van der Waals surface area contributed by atoms with Crippen LogP contribution in [0.25, 0.3) is 11.1 Å². The topological polar surface area (TPSA) is 114 Å². The molecule has 4 rings (SSSR count). The zero-order chi connectivity index (χ0) is 25.3. The van der Waals surface area contributed by atoms with Crippen LogP contribution in [0, 0.1) is 0 Å². The van der Waals surface area contributed by atoms with E-state index in [1.807, 2.05) is 72.8 Å². The first-order valence-corrected chi connectivity index (χ1v) is 11.6. The number of benzene rings is 3. The van der Waals surface area contributed by atoms with Crippen LogP contribution >= 0.6 is 0 Å². The molecule has 4 aromatic rings. The van der Waals surface area contributed by atoms with E-state index in [2.05, 4.69) is 10.2 Å². The first kappa shape index (κ1) is 24.5. The molecule has 0 saturated carbocycles. The maximum Gasteiger partial charge on any atom is 0.303 e. The van der Waals surface area contributed by atoms with Crippen molar-refractivity contribution in [3.8, 4) is 11.1 Å². The van der Waals surface area contributed by atoms with E-state index < -0.39 is 12.0 Å². The summed E-state index contributed by atoms with van der Waals surface area (Å²) in [5, 5.41) is 17.1. The van der Waals surface area contributed by atoms with Gasteiger partial charge in [0.2, 0.25) is 18.1 Å². The van der Waals surface area contributed by atoms with Crippen LogP contribution < -0.4 is 4.90 Å². The molecule has 0 radical (unpaired) electrons. The van der Waals surface area contributed by atoms with Crippen LogP contribution in [0.2, 0.25) is 0 Å². The average molecular weight is 484 g/mol. The van der Waals surface area contributed by atoms with Gasteiger partial charge in [0.15, 0.2) is 0 Å². The smallest absolute Gasteiger partial charge is 0.303 e. The zero-order valence-electron chi connectivity index (χ0n) is 19.5. The number of hydrogen-bond donors (Lipinski definition) is 1. The number of carboxylic acids is 1. The number of aromatic nitrogens is 2. The van der Waals surface area contributed by atoms with E-state index in [9.17, 15) is 19.5 Å². The molecule has 8 heteroatoms. The SMILES string of the molecule is O=CN(c1ccc(-c2ccccc2)cc1)C(CCC(=O)O)c1nnc(C(=O)CCc2ccccc2)o1. The van der Waals surface area contributed by atoms with Crippen molar-refractivity contribution in [2.45, 2.75) is 31.7 Å². The Morgan fingerprint density at radius 1 is 0.861 bits per heavy atom. The fourth-order valence-electron chi connectivity index (χ4n) is 3.90. The van der Waals surface area contributed by atoms with Crippen LogP contribution in [-0.4, -0.2) is 33.5 Å². The summed E-state index contributed by atoms with van der Waals surface area (Å²) in [5.74, 6) is -1.49. The van der Waals surface area contributed by atoms with Gasteiger partial charge in [0.25, 0.3) is 5.89 Å². The summed E-state index contributed by atoms with van der Waals surface area (Å²) in [6.07, 6.45) is 1.12. The summed E-state index contributed by atoms with van der Waals surface area (Å²) in [6.45, 7) is 0. The highest BCUT2D eigenvalue weighted by molar-refractivity contribution is 5.91. The van der Waals surface area contributed by atoms with Gasteiger partial charge in [-0.1, -0.05) is 72.8 Å². The molecular formula is C28H25N3O5. The summed E-state index contributed by atoms with van der Waals surface area (Å²) in [6, 6.07) is 25.8. The van der Waals surface area contributed by atoms with Crippen LogP contribution in [0.1, 0.15) is 47.4 Å². The molecule has 8 nitrogen and oxygen atoms in total. The second-order valence-corrected chi connectivity index (χ2v) is 8.23. The molecule has 1 unspecified atom stereocenters. The normalized spacial score (nSPS) is 11.6. The van der Waals surface area contributed by atoms with E-state index in [1.165, 1.54) is 4.90 Å². The van der Waals surface area contributed by atoms with E-state index in [0.29, 0.717) is 18.5 Å². The third-order valence-electron chi connectivity index (χ3n) is 5.80. The van der Waals surface area contributed by atoms with Crippen LogP contribution in [0.15, 0.2) is 89.3 Å². The summed E-state index contributed by atoms with van der Waals surface area (Å²) in [7, 11) is 0. The Morgan fingerprint density at radius 3 is 2.14 bits per heavy atom. The molecule has 0 bridgehead atoms. The summed E-state index contributed by atoms with van der Waals surface area (Å²) in [4.78, 5) is 37.4. The van der Waals surface area contributed by atoms with E-state index in [0.717, 1.165) is 16.7 Å². The minimum absolute atomic E-state index is 0.0125. The highest BCUT2D eigenvalue weighted by Crippen LogP contribution is 2.31. The standard InChI is InChI=1S/C28H25N3O5/c32-19-31(23-14-12-22(13-15-23)21-9-5-2-6-10-21)24(16-18-26(34)35)27-29-30-28(36-27)25(33)17-11-20-7-3-1-4-8-20/h1-10,12-15,19,24H,11,16-18H2,(H,34,35). The Labute approximate surface area is 208 Å². The first-order chi connectivity index (χ1) is 17.5. The molecule has 1 N–H and O–H groups in total. The molecule has 1 aromatic heterocycles. The third kappa shape index (κ3) is 6.09. The lowest BCUT2D eigenvalue weighted by molar-refractivity contribution is -0.137. The summed E-state index contributed by atoms with van der Waals surface area (Å²) in [5.41, 5.74) is 3.54. The van der Waals surface area contributed by atoms with Gasteiger partial charge in [-0.15, -0.1) is 10.2 Å². The minimum atomic E-state index is -1.02. The number of hydrogen-bond acceptors (Lipinski definition) is 6. The molecule has 1 heterocycles. The number of amides is 1. The monoisotopic (exact) mass is 483 g/mol. The Bertz CT molecular complexity index is 1300. The van der Waals surface area contributed by atoms with E-state index in [1.54, 1.807) is 12.1 Å². The van der Waals surface area contributed by atoms with Gasteiger partial charge in [-0.3, -0.25) is 14.4 Å². The van der Waals surface area contributed by atoms with Crippen molar-refractivity contribution < 1.29 is 23.9 Å². The van der Waals surface area contributed by atoms with Crippen molar-refractivity contribution in [2.75, 3.05) is 4.90 Å². The maximum atomic E-state index is 12.6. The Kier molecular flexibility index (Phi) is 7.97. The highest BCUT2D eigenvalue weighted by Gasteiger charge is 2.28. The number of nitrogens with zero attached hydrogens (tertiary/aromatic N) is 3. The van der Waals surface area contributed by atoms with Crippen molar-refractivity contribution in [1.29, 1.82) is 0 Å². The lowest BCUT2D eigenvalue weighted by atomic mass is 10.0. The Morgan fingerprint density at radius 2 is 1.50 bits per heavy atom. The molecule has 3 aromatic carbocycles. The summed E-state index contributed by atoms with van der Waals surface area (Å²) >= 11 is 0. The van der Waals surface area contributed by atoms with Gasteiger partial charge in [-0.05, 0) is 41.7 Å². The molecule has 0 aliphatic heterocycles. The van der Waals surface area contributed by atoms with Gasteiger partial charge in [0.1, 0.15) is 6.04 Å². The second-order valence-electron chi connectivity index (χ2n) is 8.23. The number of aryl methyl sites for hydroxylation is 1. The molecular weight excluding hydrogens is 458 g/mol. The van der Waals surface area contributed by atoms with Crippen LogP contribution in [0.3, 0.4) is 0 Å². The maximum absolute atomic E-state index is 12.6. The predicted molar refractivity (Wildman–Crippen MR) is 133 cm³/mol. The molecule has 1 amide bonds. The zero-order valence-corrected chi connectivity index (χ0v) is 19.5. The van der Waals surface area contributed by atoms with Crippen molar-refractivity contribution in [3.05, 3.63) is 102 Å². The van der Waals surface area contributed by atoms with Crippen LogP contribution in [0.4, 0.5) is 5.69 Å². The van der Waals surface area contributed by atoms with E-state index in [4.69, 9.17) is 4.42 Å². The van der Waals surface area contributed by atoms with Crippen LogP contribution in [0.5, 0.6) is 0 Å². The average Bonchev–Trinajstić information content (AvgIpc) is 3.41. The lowest BCUT2D eigenvalue weighted by Crippen LogP contribution is -2.28. The van der Waals surface area contributed by atoms with Gasteiger partial charge < -0.3 is 14.4 Å². The van der Waals surface area contributed by atoms with Crippen LogP contribution in [-0.2, 0) is 16.0 Å². The molecule has 0 aliphatic carbocycles. The van der Waals surface area contributed by atoms with Crippen molar-refractivity contribution in [3.63, 3.8) is 0 Å². The predicted octanol–water partition coefficient (Wildman–Crippen LogP) is 5.12. The molecule has 0 fully saturated rings. The number of anilines is 1. The quantitative estimate of drug-likeness (QED) is 0.220. The highest BCUT2D eigenvalue weighted by atomic mass is 16.4. The number of rotatable bonds is 12. The molecule has 1 atom stereocenters. The molecule has 0 spiro atoms. The largest absolute Gasteiger partial charge is 0.481 e. The Balaban J connectivity index is 1.54.